The van der Waals surface area contributed by atoms with Crippen molar-refractivity contribution in [2.75, 3.05) is 13.7 Å². The minimum atomic E-state index is -0.893. The molecule has 0 heterocycles. The lowest BCUT2D eigenvalue weighted by atomic mass is 9.95. The van der Waals surface area contributed by atoms with E-state index in [9.17, 15) is 4.79 Å². The van der Waals surface area contributed by atoms with Gasteiger partial charge in [0, 0.05) is 11.0 Å². The van der Waals surface area contributed by atoms with Crippen LogP contribution in [0.4, 0.5) is 0 Å². The molecule has 0 aliphatic rings. The van der Waals surface area contributed by atoms with Gasteiger partial charge in [-0.25, -0.2) is 0 Å². The van der Waals surface area contributed by atoms with Crippen LogP contribution in [0.1, 0.15) is 19.4 Å². The molecule has 2 N–H and O–H groups in total. The van der Waals surface area contributed by atoms with E-state index < -0.39 is 11.4 Å². The Bertz CT molecular complexity index is 432. The van der Waals surface area contributed by atoms with Crippen molar-refractivity contribution in [2.45, 2.75) is 20.4 Å². The predicted octanol–water partition coefficient (Wildman–Crippen LogP) is 2.66. The second kappa shape index (κ2) is 6.20. The molecule has 0 fully saturated rings. The maximum absolute atomic E-state index is 11.0. The zero-order valence-electron chi connectivity index (χ0n) is 10.8. The Morgan fingerprint density at radius 1 is 1.50 bits per heavy atom. The summed E-state index contributed by atoms with van der Waals surface area (Å²) in [7, 11) is 1.87. The van der Waals surface area contributed by atoms with Crippen molar-refractivity contribution < 1.29 is 14.6 Å². The number of benzene rings is 1. The van der Waals surface area contributed by atoms with Crippen LogP contribution >= 0.6 is 15.9 Å². The third-order valence-electron chi connectivity index (χ3n) is 2.56. The fourth-order valence-electron chi connectivity index (χ4n) is 1.29. The van der Waals surface area contributed by atoms with E-state index in [0.717, 1.165) is 16.6 Å². The van der Waals surface area contributed by atoms with Crippen molar-refractivity contribution in [3.05, 3.63) is 28.2 Å². The average molecular weight is 316 g/mol. The van der Waals surface area contributed by atoms with E-state index in [4.69, 9.17) is 9.84 Å². The van der Waals surface area contributed by atoms with Gasteiger partial charge in [0.2, 0.25) is 0 Å². The molecule has 1 aromatic carbocycles. The Balaban J connectivity index is 2.74. The molecule has 0 aliphatic heterocycles. The quantitative estimate of drug-likeness (QED) is 0.847. The van der Waals surface area contributed by atoms with Crippen LogP contribution in [0, 0.1) is 5.41 Å². The largest absolute Gasteiger partial charge is 0.492 e. The van der Waals surface area contributed by atoms with Crippen molar-refractivity contribution in [3.63, 3.8) is 0 Å². The highest BCUT2D eigenvalue weighted by Gasteiger charge is 2.28. The van der Waals surface area contributed by atoms with Gasteiger partial charge >= 0.3 is 5.97 Å². The molecule has 0 aliphatic carbocycles. The number of rotatable bonds is 6. The summed E-state index contributed by atoms with van der Waals surface area (Å²) in [6.07, 6.45) is 0. The fraction of sp³-hybridized carbons (Fsp3) is 0.462. The van der Waals surface area contributed by atoms with E-state index in [1.807, 2.05) is 25.2 Å². The van der Waals surface area contributed by atoms with Gasteiger partial charge in [-0.3, -0.25) is 4.79 Å². The Labute approximate surface area is 115 Å². The van der Waals surface area contributed by atoms with Gasteiger partial charge in [0.25, 0.3) is 0 Å². The monoisotopic (exact) mass is 315 g/mol. The Kier molecular flexibility index (Phi) is 5.16. The first kappa shape index (κ1) is 15.0. The predicted molar refractivity (Wildman–Crippen MR) is 73.8 cm³/mol. The van der Waals surface area contributed by atoms with Crippen molar-refractivity contribution >= 4 is 21.9 Å². The average Bonchev–Trinajstić information content (AvgIpc) is 2.30. The molecule has 100 valence electrons. The summed E-state index contributed by atoms with van der Waals surface area (Å²) in [4.78, 5) is 11.0. The Hall–Kier alpha value is -1.07. The molecule has 5 heteroatoms. The van der Waals surface area contributed by atoms with Crippen LogP contribution in [0.15, 0.2) is 22.7 Å². The molecule has 1 aromatic rings. The molecule has 4 nitrogen and oxygen atoms in total. The van der Waals surface area contributed by atoms with Crippen LogP contribution in [0.5, 0.6) is 5.75 Å². The van der Waals surface area contributed by atoms with Gasteiger partial charge in [-0.1, -0.05) is 15.9 Å². The second-order valence-electron chi connectivity index (χ2n) is 4.76. The summed E-state index contributed by atoms with van der Waals surface area (Å²) in [6.45, 7) is 4.15. The normalized spacial score (nSPS) is 11.3. The number of carbonyl (C=O) groups is 1. The SMILES string of the molecule is CNCc1cc(OCC(C)(C)C(=O)O)ccc1Br. The lowest BCUT2D eigenvalue weighted by Gasteiger charge is -2.20. The number of hydrogen-bond acceptors (Lipinski definition) is 3. The molecule has 1 rings (SSSR count). The zero-order chi connectivity index (χ0) is 13.8. The Morgan fingerprint density at radius 3 is 2.72 bits per heavy atom. The lowest BCUT2D eigenvalue weighted by molar-refractivity contribution is -0.148. The molecular formula is C13H18BrNO3. The molecule has 0 spiro atoms. The summed E-state index contributed by atoms with van der Waals surface area (Å²) in [5.74, 6) is -0.187. The van der Waals surface area contributed by atoms with Crippen LogP contribution in [0.2, 0.25) is 0 Å². The fourth-order valence-corrected chi connectivity index (χ4v) is 1.68. The van der Waals surface area contributed by atoms with Crippen molar-refractivity contribution in [1.29, 1.82) is 0 Å². The molecule has 0 saturated heterocycles. The maximum Gasteiger partial charge on any atom is 0.312 e. The summed E-state index contributed by atoms with van der Waals surface area (Å²) in [6, 6.07) is 5.62. The lowest BCUT2D eigenvalue weighted by Crippen LogP contribution is -2.30. The first-order valence-electron chi connectivity index (χ1n) is 5.66. The number of hydrogen-bond donors (Lipinski definition) is 2. The molecule has 0 radical (unpaired) electrons. The van der Waals surface area contributed by atoms with Crippen LogP contribution in [0.3, 0.4) is 0 Å². The standard InChI is InChI=1S/C13H18BrNO3/c1-13(2,12(16)17)8-18-10-4-5-11(14)9(6-10)7-15-3/h4-6,15H,7-8H2,1-3H3,(H,16,17). The van der Waals surface area contributed by atoms with E-state index in [2.05, 4.69) is 21.2 Å². The first-order valence-corrected chi connectivity index (χ1v) is 6.45. The second-order valence-corrected chi connectivity index (χ2v) is 5.62. The number of aliphatic carboxylic acids is 1. The molecule has 0 unspecified atom stereocenters. The molecule has 0 atom stereocenters. The van der Waals surface area contributed by atoms with Crippen molar-refractivity contribution in [1.82, 2.24) is 5.32 Å². The number of nitrogens with one attached hydrogen (secondary N) is 1. The summed E-state index contributed by atoms with van der Waals surface area (Å²) in [5.41, 5.74) is 0.180. The van der Waals surface area contributed by atoms with E-state index in [0.29, 0.717) is 5.75 Å². The van der Waals surface area contributed by atoms with E-state index in [1.54, 1.807) is 13.8 Å². The molecule has 0 saturated carbocycles. The van der Waals surface area contributed by atoms with E-state index >= 15 is 0 Å². The molecule has 18 heavy (non-hydrogen) atoms. The Morgan fingerprint density at radius 2 is 2.17 bits per heavy atom. The number of ether oxygens (including phenoxy) is 1. The summed E-state index contributed by atoms with van der Waals surface area (Å²) < 4.78 is 6.55. The minimum absolute atomic E-state index is 0.142. The highest BCUT2D eigenvalue weighted by molar-refractivity contribution is 9.10. The summed E-state index contributed by atoms with van der Waals surface area (Å²) in [5, 5.41) is 12.1. The van der Waals surface area contributed by atoms with Gasteiger partial charge in [0.1, 0.15) is 12.4 Å². The topological polar surface area (TPSA) is 58.6 Å². The van der Waals surface area contributed by atoms with Crippen LogP contribution in [-0.4, -0.2) is 24.7 Å². The van der Waals surface area contributed by atoms with Gasteiger partial charge in [0.15, 0.2) is 0 Å². The smallest absolute Gasteiger partial charge is 0.312 e. The minimum Gasteiger partial charge on any atom is -0.492 e. The van der Waals surface area contributed by atoms with Crippen LogP contribution < -0.4 is 10.1 Å². The van der Waals surface area contributed by atoms with Gasteiger partial charge in [-0.2, -0.15) is 0 Å². The number of halogens is 1. The van der Waals surface area contributed by atoms with Gasteiger partial charge < -0.3 is 15.2 Å². The number of carboxylic acids is 1. The van der Waals surface area contributed by atoms with Gasteiger partial charge in [-0.05, 0) is 44.7 Å². The third-order valence-corrected chi connectivity index (χ3v) is 3.34. The van der Waals surface area contributed by atoms with E-state index in [1.165, 1.54) is 0 Å². The molecule has 0 bridgehead atoms. The van der Waals surface area contributed by atoms with Gasteiger partial charge in [0.05, 0.1) is 5.41 Å². The maximum atomic E-state index is 11.0. The third kappa shape index (κ3) is 3.99. The highest BCUT2D eigenvalue weighted by Crippen LogP contribution is 2.24. The van der Waals surface area contributed by atoms with Crippen LogP contribution in [0.25, 0.3) is 0 Å². The molecular weight excluding hydrogens is 298 g/mol. The summed E-state index contributed by atoms with van der Waals surface area (Å²) >= 11 is 3.46. The van der Waals surface area contributed by atoms with Crippen molar-refractivity contribution in [3.8, 4) is 5.75 Å². The molecule has 0 aromatic heterocycles. The first-order chi connectivity index (χ1) is 8.36. The van der Waals surface area contributed by atoms with Crippen LogP contribution in [-0.2, 0) is 11.3 Å². The number of carboxylic acid groups (broad SMARTS) is 1. The van der Waals surface area contributed by atoms with E-state index in [-0.39, 0.29) is 6.61 Å². The van der Waals surface area contributed by atoms with Gasteiger partial charge in [-0.15, -0.1) is 0 Å². The zero-order valence-corrected chi connectivity index (χ0v) is 12.4. The molecule has 0 amide bonds. The highest BCUT2D eigenvalue weighted by atomic mass is 79.9. The van der Waals surface area contributed by atoms with Crippen molar-refractivity contribution in [2.24, 2.45) is 5.41 Å².